The van der Waals surface area contributed by atoms with Gasteiger partial charge in [0.2, 0.25) is 0 Å². The summed E-state index contributed by atoms with van der Waals surface area (Å²) in [7, 11) is 0. The molecule has 1 unspecified atom stereocenters. The Bertz CT molecular complexity index is 793. The molecular weight excluding hydrogens is 451 g/mol. The topological polar surface area (TPSA) is 0 Å². The molecule has 0 fully saturated rings. The Labute approximate surface area is 187 Å². The van der Waals surface area contributed by atoms with Gasteiger partial charge in [0.25, 0.3) is 0 Å². The third-order valence-corrected chi connectivity index (χ3v) is 6.58. The molecule has 0 amide bonds. The van der Waals surface area contributed by atoms with Gasteiger partial charge in [0, 0.05) is 9.84 Å². The lowest BCUT2D eigenvalue weighted by Gasteiger charge is -2.29. The summed E-state index contributed by atoms with van der Waals surface area (Å²) in [6.45, 7) is 24.9. The molecule has 0 spiro atoms. The Morgan fingerprint density at radius 3 is 1.39 bits per heavy atom. The summed E-state index contributed by atoms with van der Waals surface area (Å²) in [5.74, 6) is 0.231. The average Bonchev–Trinajstić information content (AvgIpc) is 2.55. The third-order valence-electron chi connectivity index (χ3n) is 5.78. The molecule has 2 aromatic carbocycles. The van der Waals surface area contributed by atoms with Gasteiger partial charge in [-0.3, -0.25) is 0 Å². The molecule has 1 atom stereocenters. The van der Waals surface area contributed by atoms with E-state index in [-0.39, 0.29) is 16.7 Å². The van der Waals surface area contributed by atoms with Crippen LogP contribution in [0.15, 0.2) is 48.6 Å². The highest BCUT2D eigenvalue weighted by Gasteiger charge is 2.26. The second kappa shape index (κ2) is 8.34. The molecule has 0 saturated carbocycles. The standard InChI is InChI=1S/C27H37I/c1-17-15-21(26(5,6)7)11-13-23(17)25(19(3)20(4)28)24-14-12-22(16-18(24)2)27(8,9)10/h11-16,20,25H,3H2,1-2,4-10H3. The first-order valence-electron chi connectivity index (χ1n) is 10.3. The van der Waals surface area contributed by atoms with Gasteiger partial charge in [-0.05, 0) is 65.0 Å². The SMILES string of the molecule is C=C(C(C)I)C(c1ccc(C(C)(C)C)cc1C)c1ccc(C(C)(C)C)cc1C. The Hall–Kier alpha value is -1.09. The molecule has 0 aliphatic carbocycles. The summed E-state index contributed by atoms with van der Waals surface area (Å²) < 4.78 is 0.408. The Kier molecular flexibility index (Phi) is 6.91. The molecule has 0 heterocycles. The molecule has 2 aromatic rings. The molecule has 0 aromatic heterocycles. The lowest BCUT2D eigenvalue weighted by atomic mass is 9.77. The van der Waals surface area contributed by atoms with Crippen LogP contribution in [0, 0.1) is 13.8 Å². The van der Waals surface area contributed by atoms with Crippen molar-refractivity contribution in [3.05, 3.63) is 81.9 Å². The van der Waals surface area contributed by atoms with Gasteiger partial charge in [0.05, 0.1) is 0 Å². The summed E-state index contributed by atoms with van der Waals surface area (Å²) in [4.78, 5) is 0. The van der Waals surface area contributed by atoms with E-state index in [9.17, 15) is 0 Å². The fourth-order valence-electron chi connectivity index (χ4n) is 3.73. The molecular formula is C27H37I. The summed E-state index contributed by atoms with van der Waals surface area (Å²) in [6.07, 6.45) is 0. The van der Waals surface area contributed by atoms with Crippen molar-refractivity contribution < 1.29 is 0 Å². The smallest absolute Gasteiger partial charge is 0.0311 e. The van der Waals surface area contributed by atoms with Crippen molar-refractivity contribution in [3.63, 3.8) is 0 Å². The second-order valence-electron chi connectivity index (χ2n) is 10.3. The fraction of sp³-hybridized carbons (Fsp3) is 0.481. The summed E-state index contributed by atoms with van der Waals surface area (Å²) in [5, 5.41) is 0. The summed E-state index contributed by atoms with van der Waals surface area (Å²) in [5.41, 5.74) is 9.86. The van der Waals surface area contributed by atoms with Crippen molar-refractivity contribution in [2.45, 2.75) is 83.0 Å². The maximum atomic E-state index is 4.52. The van der Waals surface area contributed by atoms with E-state index in [2.05, 4.69) is 128 Å². The quantitative estimate of drug-likeness (QED) is 0.230. The number of hydrogen-bond acceptors (Lipinski definition) is 0. The fourth-order valence-corrected chi connectivity index (χ4v) is 4.09. The highest BCUT2D eigenvalue weighted by molar-refractivity contribution is 14.1. The van der Waals surface area contributed by atoms with Crippen molar-refractivity contribution in [3.8, 4) is 0 Å². The number of alkyl halides is 1. The van der Waals surface area contributed by atoms with Crippen molar-refractivity contribution in [1.29, 1.82) is 0 Å². The second-order valence-corrected chi connectivity index (χ2v) is 12.1. The van der Waals surface area contributed by atoms with Crippen LogP contribution in [0.5, 0.6) is 0 Å². The molecule has 0 aliphatic rings. The first kappa shape index (κ1) is 23.2. The molecule has 152 valence electrons. The lowest BCUT2D eigenvalue weighted by molar-refractivity contribution is 0.589. The van der Waals surface area contributed by atoms with Gasteiger partial charge in [0.1, 0.15) is 0 Å². The van der Waals surface area contributed by atoms with E-state index < -0.39 is 0 Å². The maximum absolute atomic E-state index is 4.52. The van der Waals surface area contributed by atoms with Gasteiger partial charge >= 0.3 is 0 Å². The van der Waals surface area contributed by atoms with Crippen LogP contribution in [0.2, 0.25) is 0 Å². The minimum Gasteiger partial charge on any atom is -0.0979 e. The van der Waals surface area contributed by atoms with Crippen LogP contribution < -0.4 is 0 Å². The van der Waals surface area contributed by atoms with Crippen molar-refractivity contribution >= 4 is 22.6 Å². The van der Waals surface area contributed by atoms with Crippen LogP contribution >= 0.6 is 22.6 Å². The molecule has 2 rings (SSSR count). The van der Waals surface area contributed by atoms with E-state index in [4.69, 9.17) is 0 Å². The average molecular weight is 488 g/mol. The van der Waals surface area contributed by atoms with E-state index in [0.717, 1.165) is 0 Å². The normalized spacial score (nSPS) is 13.7. The summed E-state index contributed by atoms with van der Waals surface area (Å²) >= 11 is 2.50. The Balaban J connectivity index is 2.64. The monoisotopic (exact) mass is 488 g/mol. The highest BCUT2D eigenvalue weighted by Crippen LogP contribution is 2.40. The Morgan fingerprint density at radius 2 is 1.14 bits per heavy atom. The van der Waals surface area contributed by atoms with E-state index >= 15 is 0 Å². The van der Waals surface area contributed by atoms with Crippen LogP contribution in [0.25, 0.3) is 0 Å². The summed E-state index contributed by atoms with van der Waals surface area (Å²) in [6, 6.07) is 14.0. The highest BCUT2D eigenvalue weighted by atomic mass is 127. The number of aryl methyl sites for hydroxylation is 2. The van der Waals surface area contributed by atoms with E-state index in [1.54, 1.807) is 0 Å². The molecule has 0 nitrogen and oxygen atoms in total. The van der Waals surface area contributed by atoms with E-state index in [1.165, 1.54) is 39.0 Å². The predicted octanol–water partition coefficient (Wildman–Crippen LogP) is 8.41. The Morgan fingerprint density at radius 1 is 0.786 bits per heavy atom. The largest absolute Gasteiger partial charge is 0.0979 e. The van der Waals surface area contributed by atoms with Crippen molar-refractivity contribution in [2.24, 2.45) is 0 Å². The molecule has 1 heteroatoms. The van der Waals surface area contributed by atoms with Crippen molar-refractivity contribution in [2.75, 3.05) is 0 Å². The third kappa shape index (κ3) is 5.09. The van der Waals surface area contributed by atoms with E-state index in [0.29, 0.717) is 3.92 Å². The van der Waals surface area contributed by atoms with Crippen LogP contribution in [0.1, 0.15) is 87.8 Å². The van der Waals surface area contributed by atoms with Gasteiger partial charge < -0.3 is 0 Å². The number of halogens is 1. The van der Waals surface area contributed by atoms with Gasteiger partial charge in [0.15, 0.2) is 0 Å². The van der Waals surface area contributed by atoms with Gasteiger partial charge in [-0.25, -0.2) is 0 Å². The first-order valence-corrected chi connectivity index (χ1v) is 11.5. The van der Waals surface area contributed by atoms with Gasteiger partial charge in [-0.2, -0.15) is 0 Å². The molecule has 0 aliphatic heterocycles. The molecule has 0 N–H and O–H groups in total. The lowest BCUT2D eigenvalue weighted by Crippen LogP contribution is -2.16. The van der Waals surface area contributed by atoms with Crippen molar-refractivity contribution in [1.82, 2.24) is 0 Å². The number of allylic oxidation sites excluding steroid dienone is 1. The molecule has 28 heavy (non-hydrogen) atoms. The van der Waals surface area contributed by atoms with Crippen LogP contribution in [-0.4, -0.2) is 3.92 Å². The molecule has 0 bridgehead atoms. The first-order chi connectivity index (χ1) is 12.7. The molecule has 0 radical (unpaired) electrons. The zero-order valence-electron chi connectivity index (χ0n) is 19.2. The van der Waals surface area contributed by atoms with Crippen LogP contribution in [-0.2, 0) is 10.8 Å². The van der Waals surface area contributed by atoms with Gasteiger partial charge in [-0.15, -0.1) is 0 Å². The number of hydrogen-bond donors (Lipinski definition) is 0. The maximum Gasteiger partial charge on any atom is 0.0311 e. The number of rotatable bonds is 4. The predicted molar refractivity (Wildman–Crippen MR) is 134 cm³/mol. The number of benzene rings is 2. The van der Waals surface area contributed by atoms with Crippen LogP contribution in [0.4, 0.5) is 0 Å². The minimum atomic E-state index is 0.163. The van der Waals surface area contributed by atoms with Crippen LogP contribution in [0.3, 0.4) is 0 Å². The molecule has 0 saturated heterocycles. The van der Waals surface area contributed by atoms with Gasteiger partial charge in [-0.1, -0.05) is 113 Å². The van der Waals surface area contributed by atoms with E-state index in [1.807, 2.05) is 0 Å². The minimum absolute atomic E-state index is 0.163. The zero-order chi connectivity index (χ0) is 21.4. The zero-order valence-corrected chi connectivity index (χ0v) is 21.4.